The lowest BCUT2D eigenvalue weighted by Crippen LogP contribution is -2.60. The minimum absolute atomic E-state index is 0.248. The van der Waals surface area contributed by atoms with E-state index < -0.39 is 11.6 Å². The third kappa shape index (κ3) is 6.73. The van der Waals surface area contributed by atoms with Crippen molar-refractivity contribution in [1.29, 1.82) is 5.26 Å². The van der Waals surface area contributed by atoms with Crippen molar-refractivity contribution in [1.82, 2.24) is 20.0 Å². The first-order valence-electron chi connectivity index (χ1n) is 12.0. The van der Waals surface area contributed by atoms with Gasteiger partial charge in [0, 0.05) is 44.8 Å². The number of rotatable bonds is 7. The average Bonchev–Trinajstić information content (AvgIpc) is 2.76. The molecule has 2 heterocycles. The lowest BCUT2D eigenvalue weighted by atomic mass is 9.84. The number of thiocarbonyl (C=S) groups is 1. The van der Waals surface area contributed by atoms with Gasteiger partial charge in [-0.2, -0.15) is 5.26 Å². The van der Waals surface area contributed by atoms with Crippen molar-refractivity contribution in [3.63, 3.8) is 0 Å². The summed E-state index contributed by atoms with van der Waals surface area (Å²) in [7, 11) is 0. The Bertz CT molecular complexity index is 881. The Kier molecular flexibility index (Phi) is 8.61. The van der Waals surface area contributed by atoms with Crippen LogP contribution in [0.4, 0.5) is 4.79 Å². The Labute approximate surface area is 208 Å². The topological polar surface area (TPSA) is 92.1 Å². The van der Waals surface area contributed by atoms with Crippen molar-refractivity contribution in [2.45, 2.75) is 45.7 Å². The molecule has 186 valence electrons. The highest BCUT2D eigenvalue weighted by Gasteiger charge is 2.39. The minimum Gasteiger partial charge on any atom is -0.491 e. The number of hydrogen-bond donors (Lipinski definition) is 2. The first-order valence-corrected chi connectivity index (χ1v) is 12.4. The third-order valence-electron chi connectivity index (χ3n) is 6.46. The van der Waals surface area contributed by atoms with E-state index in [1.807, 2.05) is 20.8 Å². The number of nitrogens with zero attached hydrogens (tertiary/aromatic N) is 4. The number of ether oxygens (including phenoxy) is 1. The molecule has 2 unspecified atom stereocenters. The van der Waals surface area contributed by atoms with E-state index in [2.05, 4.69) is 28.1 Å². The lowest BCUT2D eigenvalue weighted by Gasteiger charge is -2.48. The van der Waals surface area contributed by atoms with Gasteiger partial charge in [-0.05, 0) is 82.4 Å². The molecule has 3 rings (SSSR count). The fraction of sp³-hybridized carbons (Fsp3) is 0.640. The second-order valence-corrected chi connectivity index (χ2v) is 10.7. The summed E-state index contributed by atoms with van der Waals surface area (Å²) in [5.74, 6) is 1.65. The van der Waals surface area contributed by atoms with Crippen LogP contribution in [0.1, 0.15) is 39.7 Å². The van der Waals surface area contributed by atoms with E-state index >= 15 is 0 Å². The van der Waals surface area contributed by atoms with Crippen LogP contribution in [0.2, 0.25) is 0 Å². The summed E-state index contributed by atoms with van der Waals surface area (Å²) in [5, 5.41) is 23.2. The van der Waals surface area contributed by atoms with Gasteiger partial charge in [0.25, 0.3) is 0 Å². The summed E-state index contributed by atoms with van der Waals surface area (Å²) in [6.45, 7) is 13.2. The van der Waals surface area contributed by atoms with E-state index in [1.165, 1.54) is 11.3 Å². The maximum absolute atomic E-state index is 12.3. The van der Waals surface area contributed by atoms with Crippen molar-refractivity contribution >= 4 is 23.4 Å². The molecular formula is C25H37N5O3S. The molecule has 34 heavy (non-hydrogen) atoms. The molecule has 0 spiro atoms. The van der Waals surface area contributed by atoms with Crippen LogP contribution in [0.3, 0.4) is 0 Å². The Morgan fingerprint density at radius 2 is 1.88 bits per heavy atom. The van der Waals surface area contributed by atoms with Gasteiger partial charge in [0.05, 0.1) is 17.7 Å². The first kappa shape index (κ1) is 26.0. The van der Waals surface area contributed by atoms with Crippen molar-refractivity contribution in [2.24, 2.45) is 11.8 Å². The quantitative estimate of drug-likeness (QED) is 0.567. The molecule has 2 bridgehead atoms. The maximum atomic E-state index is 12.3. The van der Waals surface area contributed by atoms with Crippen LogP contribution < -0.4 is 10.1 Å². The minimum atomic E-state index is -0.944. The van der Waals surface area contributed by atoms with Gasteiger partial charge in [-0.25, -0.2) is 4.79 Å². The van der Waals surface area contributed by atoms with Crippen molar-refractivity contribution in [3.05, 3.63) is 29.8 Å². The van der Waals surface area contributed by atoms with Crippen LogP contribution in [0, 0.1) is 23.2 Å². The first-order chi connectivity index (χ1) is 16.1. The lowest BCUT2D eigenvalue weighted by molar-refractivity contribution is 0.00747. The van der Waals surface area contributed by atoms with Gasteiger partial charge >= 0.3 is 6.09 Å². The van der Waals surface area contributed by atoms with Gasteiger partial charge in [0.2, 0.25) is 0 Å². The Morgan fingerprint density at radius 1 is 1.26 bits per heavy atom. The fourth-order valence-corrected chi connectivity index (χ4v) is 5.57. The molecule has 9 heteroatoms. The van der Waals surface area contributed by atoms with Gasteiger partial charge in [0.1, 0.15) is 12.4 Å². The molecule has 0 saturated carbocycles. The molecule has 3 atom stereocenters. The summed E-state index contributed by atoms with van der Waals surface area (Å²) in [6, 6.07) is 8.69. The number of piperidine rings is 2. The van der Waals surface area contributed by atoms with E-state index in [4.69, 9.17) is 22.2 Å². The number of nitriles is 1. The molecule has 2 fully saturated rings. The maximum Gasteiger partial charge on any atom is 0.408 e. The summed E-state index contributed by atoms with van der Waals surface area (Å²) in [4.78, 5) is 18.5. The van der Waals surface area contributed by atoms with Gasteiger partial charge in [-0.1, -0.05) is 0 Å². The fourth-order valence-electron chi connectivity index (χ4n) is 5.28. The molecule has 2 saturated heterocycles. The van der Waals surface area contributed by atoms with E-state index in [1.54, 1.807) is 24.3 Å². The predicted octanol–water partition coefficient (Wildman–Crippen LogP) is 3.23. The van der Waals surface area contributed by atoms with E-state index in [-0.39, 0.29) is 12.6 Å². The predicted molar refractivity (Wildman–Crippen MR) is 136 cm³/mol. The van der Waals surface area contributed by atoms with Crippen molar-refractivity contribution < 1.29 is 14.6 Å². The number of carbonyl (C=O) groups is 1. The summed E-state index contributed by atoms with van der Waals surface area (Å²) in [5.41, 5.74) is -0.00128. The Balaban J connectivity index is 1.70. The third-order valence-corrected chi connectivity index (χ3v) is 6.86. The van der Waals surface area contributed by atoms with Crippen LogP contribution in [0.5, 0.6) is 5.75 Å². The van der Waals surface area contributed by atoms with Gasteiger partial charge in [0.15, 0.2) is 5.11 Å². The van der Waals surface area contributed by atoms with Crippen LogP contribution in [-0.4, -0.2) is 88.5 Å². The molecule has 2 N–H and O–H groups in total. The molecule has 0 aromatic heterocycles. The largest absolute Gasteiger partial charge is 0.491 e. The highest BCUT2D eigenvalue weighted by molar-refractivity contribution is 7.80. The SMILES string of the molecule is CCNC(=S)N1CC2CC(CN(C[C@@H](COc3ccc(C#N)cc3)N(C(=O)O)C(C)(C)C)C2)C1. The summed E-state index contributed by atoms with van der Waals surface area (Å²) < 4.78 is 6.03. The normalized spacial score (nSPS) is 21.3. The second kappa shape index (κ2) is 11.2. The summed E-state index contributed by atoms with van der Waals surface area (Å²) in [6.07, 6.45) is 0.246. The van der Waals surface area contributed by atoms with E-state index in [0.717, 1.165) is 37.8 Å². The van der Waals surface area contributed by atoms with Crippen molar-refractivity contribution in [2.75, 3.05) is 45.9 Å². The van der Waals surface area contributed by atoms with Gasteiger partial charge < -0.3 is 25.0 Å². The van der Waals surface area contributed by atoms with Crippen LogP contribution in [-0.2, 0) is 0 Å². The standard InChI is InChI=1S/C25H37N5O3S/c1-5-27-23(34)29-14-19-10-20(15-29)13-28(12-19)16-21(30(24(31)32)25(2,3)4)17-33-22-8-6-18(11-26)7-9-22/h6-9,19-21H,5,10,12-17H2,1-4H3,(H,27,34)(H,31,32)/t19?,20?,21-/m0/s1. The van der Waals surface area contributed by atoms with Gasteiger partial charge in [-0.15, -0.1) is 0 Å². The summed E-state index contributed by atoms with van der Waals surface area (Å²) >= 11 is 5.55. The van der Waals surface area contributed by atoms with E-state index in [9.17, 15) is 9.90 Å². The number of likely N-dealkylation sites (tertiary alicyclic amines) is 2. The molecular weight excluding hydrogens is 450 g/mol. The molecule has 8 nitrogen and oxygen atoms in total. The molecule has 0 aliphatic carbocycles. The number of carboxylic acid groups (broad SMARTS) is 1. The van der Waals surface area contributed by atoms with Crippen LogP contribution >= 0.6 is 12.2 Å². The molecule has 1 amide bonds. The van der Waals surface area contributed by atoms with Gasteiger partial charge in [-0.3, -0.25) is 4.90 Å². The van der Waals surface area contributed by atoms with E-state index in [0.29, 0.717) is 29.7 Å². The highest BCUT2D eigenvalue weighted by atomic mass is 32.1. The number of amides is 1. The zero-order valence-electron chi connectivity index (χ0n) is 20.7. The Hall–Kier alpha value is -2.57. The number of fused-ring (bicyclic) bond motifs is 2. The molecule has 1 aromatic rings. The monoisotopic (exact) mass is 487 g/mol. The van der Waals surface area contributed by atoms with Crippen LogP contribution in [0.15, 0.2) is 24.3 Å². The number of nitrogens with one attached hydrogen (secondary N) is 1. The Morgan fingerprint density at radius 3 is 2.38 bits per heavy atom. The molecule has 0 radical (unpaired) electrons. The molecule has 2 aliphatic heterocycles. The zero-order chi connectivity index (χ0) is 24.9. The molecule has 1 aromatic carbocycles. The highest BCUT2D eigenvalue weighted by Crippen LogP contribution is 2.30. The zero-order valence-corrected chi connectivity index (χ0v) is 21.5. The second-order valence-electron chi connectivity index (χ2n) is 10.4. The van der Waals surface area contributed by atoms with Crippen molar-refractivity contribution in [3.8, 4) is 11.8 Å². The smallest absolute Gasteiger partial charge is 0.408 e. The number of benzene rings is 1. The molecule has 2 aliphatic rings. The number of hydrogen-bond acceptors (Lipinski definition) is 5. The van der Waals surface area contributed by atoms with Crippen LogP contribution in [0.25, 0.3) is 0 Å². The average molecular weight is 488 g/mol.